The Kier molecular flexibility index (Phi) is 7.38. The first-order valence-electron chi connectivity index (χ1n) is 19.1. The molecule has 1 aliphatic carbocycles. The van der Waals surface area contributed by atoms with Gasteiger partial charge in [-0.1, -0.05) is 135 Å². The molecule has 0 bridgehead atoms. The number of hydrogen-bond acceptors (Lipinski definition) is 4. The van der Waals surface area contributed by atoms with Crippen molar-refractivity contribution in [1.29, 1.82) is 0 Å². The molecule has 0 saturated heterocycles. The van der Waals surface area contributed by atoms with Crippen molar-refractivity contribution in [2.24, 2.45) is 0 Å². The fourth-order valence-corrected chi connectivity index (χ4v) is 9.60. The lowest BCUT2D eigenvalue weighted by atomic mass is 9.82. The minimum Gasteiger partial charge on any atom is -0.456 e. The maximum Gasteiger partial charge on any atom is 0.137 e. The van der Waals surface area contributed by atoms with Crippen molar-refractivity contribution in [3.05, 3.63) is 193 Å². The Balaban J connectivity index is 0.965. The number of anilines is 3. The molecule has 0 aliphatic heterocycles. The van der Waals surface area contributed by atoms with E-state index >= 15 is 0 Å². The monoisotopic (exact) mass is 736 g/mol. The lowest BCUT2D eigenvalue weighted by Crippen LogP contribution is -2.15. The zero-order valence-electron chi connectivity index (χ0n) is 31.0. The summed E-state index contributed by atoms with van der Waals surface area (Å²) in [7, 11) is 0. The molecule has 0 saturated carbocycles. The molecule has 2 heterocycles. The van der Waals surface area contributed by atoms with Gasteiger partial charge < -0.3 is 9.32 Å². The van der Waals surface area contributed by atoms with Crippen LogP contribution in [0.2, 0.25) is 0 Å². The van der Waals surface area contributed by atoms with E-state index in [0.29, 0.717) is 0 Å². The maximum absolute atomic E-state index is 6.49. The van der Waals surface area contributed by atoms with Crippen LogP contribution in [0.1, 0.15) is 25.0 Å². The Morgan fingerprint density at radius 3 is 1.77 bits per heavy atom. The first-order chi connectivity index (χ1) is 27.5. The van der Waals surface area contributed by atoms with Crippen LogP contribution in [0, 0.1) is 0 Å². The normalized spacial score (nSPS) is 13.0. The lowest BCUT2D eigenvalue weighted by molar-refractivity contribution is 0.660. The molecule has 56 heavy (non-hydrogen) atoms. The third-order valence-electron chi connectivity index (χ3n) is 11.5. The Bertz CT molecular complexity index is 3090. The van der Waals surface area contributed by atoms with Crippen LogP contribution in [0.5, 0.6) is 0 Å². The highest BCUT2D eigenvalue weighted by Gasteiger charge is 2.35. The average Bonchev–Trinajstić information content (AvgIpc) is 3.90. The third-order valence-corrected chi connectivity index (χ3v) is 12.6. The van der Waals surface area contributed by atoms with Crippen LogP contribution in [0.15, 0.2) is 186 Å². The van der Waals surface area contributed by atoms with E-state index in [1.807, 2.05) is 6.07 Å². The van der Waals surface area contributed by atoms with Crippen molar-refractivity contribution in [3.63, 3.8) is 0 Å². The van der Waals surface area contributed by atoms with Gasteiger partial charge in [-0.25, -0.2) is 4.98 Å². The molecule has 0 radical (unpaired) electrons. The Morgan fingerprint density at radius 1 is 0.464 bits per heavy atom. The van der Waals surface area contributed by atoms with Crippen LogP contribution < -0.4 is 4.90 Å². The first kappa shape index (κ1) is 32.7. The molecule has 0 fully saturated rings. The van der Waals surface area contributed by atoms with E-state index in [-0.39, 0.29) is 5.41 Å². The van der Waals surface area contributed by atoms with Gasteiger partial charge in [0.1, 0.15) is 16.2 Å². The van der Waals surface area contributed by atoms with Gasteiger partial charge >= 0.3 is 0 Å². The number of thiazole rings is 1. The van der Waals surface area contributed by atoms with E-state index in [2.05, 4.69) is 195 Å². The number of nitrogens with zero attached hydrogens (tertiary/aromatic N) is 2. The number of rotatable bonds is 6. The molecule has 8 aromatic carbocycles. The lowest BCUT2D eigenvalue weighted by Gasteiger charge is -2.27. The summed E-state index contributed by atoms with van der Waals surface area (Å²) in [5.74, 6) is 0. The second-order valence-corrected chi connectivity index (χ2v) is 16.2. The molecule has 10 aromatic rings. The Hall–Kier alpha value is -6.75. The molecule has 0 spiro atoms. The topological polar surface area (TPSA) is 29.3 Å². The van der Waals surface area contributed by atoms with Gasteiger partial charge in [-0.3, -0.25) is 0 Å². The minimum absolute atomic E-state index is 0.0475. The Morgan fingerprint density at radius 2 is 1.04 bits per heavy atom. The number of benzene rings is 8. The van der Waals surface area contributed by atoms with Crippen LogP contribution in [0.3, 0.4) is 0 Å². The van der Waals surface area contributed by atoms with Crippen molar-refractivity contribution < 1.29 is 4.42 Å². The van der Waals surface area contributed by atoms with Crippen LogP contribution in [-0.4, -0.2) is 4.98 Å². The maximum atomic E-state index is 6.49. The number of fused-ring (bicyclic) bond motifs is 7. The van der Waals surface area contributed by atoms with Crippen LogP contribution in [0.25, 0.3) is 76.1 Å². The molecule has 11 rings (SSSR count). The SMILES string of the molecule is CC1(C)c2ccccc2-c2cc(N(c3ccc(-c4ccccc4)cc3)c3ccc(-c4ccc5c(c4)oc4cc6nc(-c7ccccc7)sc6cc45)cc3)ccc21. The molecule has 0 unspecified atom stereocenters. The van der Waals surface area contributed by atoms with Gasteiger partial charge in [0.25, 0.3) is 0 Å². The molecule has 266 valence electrons. The molecule has 0 amide bonds. The molecule has 0 atom stereocenters. The highest BCUT2D eigenvalue weighted by molar-refractivity contribution is 7.21. The first-order valence-corrected chi connectivity index (χ1v) is 19.9. The largest absolute Gasteiger partial charge is 0.456 e. The van der Waals surface area contributed by atoms with Gasteiger partial charge in [0.05, 0.1) is 10.2 Å². The molecule has 4 heteroatoms. The summed E-state index contributed by atoms with van der Waals surface area (Å²) in [5, 5.41) is 3.26. The van der Waals surface area contributed by atoms with E-state index < -0.39 is 0 Å². The van der Waals surface area contributed by atoms with Crippen molar-refractivity contribution in [2.45, 2.75) is 19.3 Å². The molecule has 2 aromatic heterocycles. The van der Waals surface area contributed by atoms with Gasteiger partial charge in [0.15, 0.2) is 0 Å². The van der Waals surface area contributed by atoms with E-state index in [1.54, 1.807) is 11.3 Å². The second-order valence-electron chi connectivity index (χ2n) is 15.2. The molecular weight excluding hydrogens is 701 g/mol. The van der Waals surface area contributed by atoms with Gasteiger partial charge in [-0.2, -0.15) is 0 Å². The highest BCUT2D eigenvalue weighted by Crippen LogP contribution is 2.50. The summed E-state index contributed by atoms with van der Waals surface area (Å²) < 4.78 is 7.65. The summed E-state index contributed by atoms with van der Waals surface area (Å²) in [5.41, 5.74) is 17.2. The van der Waals surface area contributed by atoms with Crippen LogP contribution >= 0.6 is 11.3 Å². The third kappa shape index (κ3) is 5.29. The minimum atomic E-state index is -0.0475. The predicted octanol–water partition coefficient (Wildman–Crippen LogP) is 15.0. The Labute approximate surface area is 329 Å². The molecule has 1 aliphatic rings. The smallest absolute Gasteiger partial charge is 0.137 e. The zero-order valence-corrected chi connectivity index (χ0v) is 31.8. The average molecular weight is 737 g/mol. The second kappa shape index (κ2) is 12.7. The quantitative estimate of drug-likeness (QED) is 0.170. The summed E-state index contributed by atoms with van der Waals surface area (Å²) >= 11 is 1.72. The zero-order chi connectivity index (χ0) is 37.4. The van der Waals surface area contributed by atoms with Crippen molar-refractivity contribution in [1.82, 2.24) is 4.98 Å². The molecule has 3 nitrogen and oxygen atoms in total. The summed E-state index contributed by atoms with van der Waals surface area (Å²) in [4.78, 5) is 7.31. The molecular formula is C52H36N2OS. The predicted molar refractivity (Wildman–Crippen MR) is 235 cm³/mol. The summed E-state index contributed by atoms with van der Waals surface area (Å²) in [6, 6.07) is 65.5. The van der Waals surface area contributed by atoms with E-state index in [0.717, 1.165) is 70.9 Å². The van der Waals surface area contributed by atoms with E-state index in [4.69, 9.17) is 9.40 Å². The van der Waals surface area contributed by atoms with Crippen LogP contribution in [-0.2, 0) is 5.41 Å². The van der Waals surface area contributed by atoms with Crippen molar-refractivity contribution in [3.8, 4) is 44.0 Å². The number of aromatic nitrogens is 1. The number of furan rings is 1. The van der Waals surface area contributed by atoms with Gasteiger partial charge in [0, 0.05) is 44.9 Å². The van der Waals surface area contributed by atoms with Crippen molar-refractivity contribution in [2.75, 3.05) is 4.90 Å². The fourth-order valence-electron chi connectivity index (χ4n) is 8.61. The van der Waals surface area contributed by atoms with Gasteiger partial charge in [-0.05, 0) is 99.1 Å². The number of hydrogen-bond donors (Lipinski definition) is 0. The molecule has 0 N–H and O–H groups in total. The standard InChI is InChI=1S/C52H36N2OS/c1-52(2)45-16-10-9-15-41(45)43-30-40(26-28-46(43)52)54(38-22-17-34(18-23-38)33-11-5-3-6-12-33)39-24-19-35(20-25-39)37-21-27-42-44-31-50-47(32-49(44)55-48(42)29-37)53-51(56-50)36-13-7-4-8-14-36/h3-32H,1-2H3. The van der Waals surface area contributed by atoms with E-state index in [1.165, 1.54) is 33.4 Å². The van der Waals surface area contributed by atoms with Gasteiger partial charge in [-0.15, -0.1) is 11.3 Å². The van der Waals surface area contributed by atoms with E-state index in [9.17, 15) is 0 Å². The van der Waals surface area contributed by atoms with Crippen LogP contribution in [0.4, 0.5) is 17.1 Å². The fraction of sp³-hybridized carbons (Fsp3) is 0.0577. The summed E-state index contributed by atoms with van der Waals surface area (Å²) in [6.45, 7) is 4.67. The highest BCUT2D eigenvalue weighted by atomic mass is 32.1. The summed E-state index contributed by atoms with van der Waals surface area (Å²) in [6.07, 6.45) is 0. The van der Waals surface area contributed by atoms with Crippen molar-refractivity contribution >= 4 is 60.6 Å². The van der Waals surface area contributed by atoms with Gasteiger partial charge in [0.2, 0.25) is 0 Å².